The predicted molar refractivity (Wildman–Crippen MR) is 78.8 cm³/mol. The largest absolute Gasteiger partial charge is 0.484 e. The van der Waals surface area contributed by atoms with Crippen molar-refractivity contribution in [1.82, 2.24) is 5.32 Å². The van der Waals surface area contributed by atoms with E-state index in [0.717, 1.165) is 12.1 Å². The fraction of sp³-hybridized carbons (Fsp3) is 0.400. The summed E-state index contributed by atoms with van der Waals surface area (Å²) in [5.74, 6) is -1.02. The molecule has 1 atom stereocenters. The molecular formula is C15H18N2O5. The van der Waals surface area contributed by atoms with Gasteiger partial charge in [-0.2, -0.15) is 0 Å². The highest BCUT2D eigenvalue weighted by Gasteiger charge is 2.21. The first-order valence-electron chi connectivity index (χ1n) is 7.03. The van der Waals surface area contributed by atoms with Crippen molar-refractivity contribution in [3.63, 3.8) is 0 Å². The van der Waals surface area contributed by atoms with Gasteiger partial charge in [-0.15, -0.1) is 0 Å². The summed E-state index contributed by atoms with van der Waals surface area (Å²) >= 11 is 0. The molecule has 1 heterocycles. The van der Waals surface area contributed by atoms with Gasteiger partial charge in [0, 0.05) is 18.7 Å². The summed E-state index contributed by atoms with van der Waals surface area (Å²) in [4.78, 5) is 35.4. The minimum Gasteiger partial charge on any atom is -0.484 e. The van der Waals surface area contributed by atoms with E-state index >= 15 is 0 Å². The summed E-state index contributed by atoms with van der Waals surface area (Å²) < 4.78 is 5.28. The van der Waals surface area contributed by atoms with Crippen LogP contribution in [0.5, 0.6) is 5.75 Å². The number of rotatable bonds is 6. The van der Waals surface area contributed by atoms with Crippen molar-refractivity contribution < 1.29 is 24.2 Å². The number of anilines is 1. The summed E-state index contributed by atoms with van der Waals surface area (Å²) in [5.41, 5.74) is 0.804. The molecule has 0 bridgehead atoms. The Hall–Kier alpha value is -2.57. The Morgan fingerprint density at radius 1 is 1.36 bits per heavy atom. The van der Waals surface area contributed by atoms with Crippen LogP contribution in [0.3, 0.4) is 0 Å². The Morgan fingerprint density at radius 3 is 2.59 bits per heavy atom. The maximum Gasteiger partial charge on any atom is 0.325 e. The van der Waals surface area contributed by atoms with Crippen molar-refractivity contribution in [2.75, 3.05) is 18.1 Å². The lowest BCUT2D eigenvalue weighted by Crippen LogP contribution is -2.40. The number of benzene rings is 1. The topological polar surface area (TPSA) is 95.9 Å². The second-order valence-electron chi connectivity index (χ2n) is 5.06. The summed E-state index contributed by atoms with van der Waals surface area (Å²) in [6.45, 7) is 1.83. The summed E-state index contributed by atoms with van der Waals surface area (Å²) in [5, 5.41) is 11.0. The standard InChI is InChI=1S/C15H18N2O5/c1-10(15(20)21)16-13(18)9-22-12-6-4-11(5-7-12)17-8-2-3-14(17)19/h4-7,10H,2-3,8-9H2,1H3,(H,16,18)(H,20,21). The highest BCUT2D eigenvalue weighted by molar-refractivity contribution is 5.95. The van der Waals surface area contributed by atoms with Gasteiger partial charge in [0.2, 0.25) is 5.91 Å². The Bertz CT molecular complexity index is 570. The molecule has 1 aliphatic rings. The number of carbonyl (C=O) groups is 3. The number of hydrogen-bond donors (Lipinski definition) is 2. The van der Waals surface area contributed by atoms with Crippen LogP contribution in [-0.4, -0.2) is 42.1 Å². The van der Waals surface area contributed by atoms with Crippen LogP contribution < -0.4 is 15.0 Å². The van der Waals surface area contributed by atoms with Crippen LogP contribution in [0, 0.1) is 0 Å². The van der Waals surface area contributed by atoms with Crippen LogP contribution in [-0.2, 0) is 14.4 Å². The monoisotopic (exact) mass is 306 g/mol. The van der Waals surface area contributed by atoms with E-state index in [0.29, 0.717) is 18.7 Å². The van der Waals surface area contributed by atoms with Crippen LogP contribution in [0.2, 0.25) is 0 Å². The third kappa shape index (κ3) is 3.97. The zero-order chi connectivity index (χ0) is 16.1. The number of hydrogen-bond acceptors (Lipinski definition) is 4. The molecule has 22 heavy (non-hydrogen) atoms. The number of nitrogens with zero attached hydrogens (tertiary/aromatic N) is 1. The molecule has 7 heteroatoms. The normalized spacial score (nSPS) is 15.5. The molecule has 2 N–H and O–H groups in total. The van der Waals surface area contributed by atoms with E-state index in [1.165, 1.54) is 6.92 Å². The van der Waals surface area contributed by atoms with Gasteiger partial charge in [-0.05, 0) is 37.6 Å². The maximum absolute atomic E-state index is 11.6. The van der Waals surface area contributed by atoms with Gasteiger partial charge in [0.15, 0.2) is 6.61 Å². The van der Waals surface area contributed by atoms with Crippen molar-refractivity contribution >= 4 is 23.5 Å². The SMILES string of the molecule is CC(NC(=O)COc1ccc(N2CCCC2=O)cc1)C(=O)O. The van der Waals surface area contributed by atoms with Gasteiger partial charge in [0.25, 0.3) is 5.91 Å². The number of aliphatic carboxylic acids is 1. The van der Waals surface area contributed by atoms with Gasteiger partial charge in [-0.25, -0.2) is 0 Å². The lowest BCUT2D eigenvalue weighted by Gasteiger charge is -2.16. The van der Waals surface area contributed by atoms with E-state index in [-0.39, 0.29) is 12.5 Å². The average Bonchev–Trinajstić information content (AvgIpc) is 2.91. The van der Waals surface area contributed by atoms with E-state index in [9.17, 15) is 14.4 Å². The van der Waals surface area contributed by atoms with Crippen molar-refractivity contribution in [3.05, 3.63) is 24.3 Å². The molecule has 0 aliphatic carbocycles. The molecule has 2 amide bonds. The molecule has 0 saturated carbocycles. The summed E-state index contributed by atoms with van der Waals surface area (Å²) in [6.07, 6.45) is 1.43. The van der Waals surface area contributed by atoms with E-state index in [1.807, 2.05) is 0 Å². The van der Waals surface area contributed by atoms with Crippen molar-refractivity contribution in [2.45, 2.75) is 25.8 Å². The maximum atomic E-state index is 11.6. The van der Waals surface area contributed by atoms with Crippen LogP contribution >= 0.6 is 0 Å². The molecule has 2 rings (SSSR count). The first-order valence-corrected chi connectivity index (χ1v) is 7.03. The van der Waals surface area contributed by atoms with Crippen molar-refractivity contribution in [1.29, 1.82) is 0 Å². The summed E-state index contributed by atoms with van der Waals surface area (Å²) in [7, 11) is 0. The third-order valence-corrected chi connectivity index (χ3v) is 3.34. The quantitative estimate of drug-likeness (QED) is 0.809. The zero-order valence-corrected chi connectivity index (χ0v) is 12.2. The van der Waals surface area contributed by atoms with Crippen molar-refractivity contribution in [3.8, 4) is 5.75 Å². The van der Waals surface area contributed by atoms with Gasteiger partial charge < -0.3 is 20.1 Å². The summed E-state index contributed by atoms with van der Waals surface area (Å²) in [6, 6.07) is 5.91. The number of nitrogens with one attached hydrogen (secondary N) is 1. The van der Waals surface area contributed by atoms with E-state index in [2.05, 4.69) is 5.32 Å². The molecule has 1 unspecified atom stereocenters. The van der Waals surface area contributed by atoms with Crippen LogP contribution in [0.15, 0.2) is 24.3 Å². The van der Waals surface area contributed by atoms with Crippen LogP contribution in [0.25, 0.3) is 0 Å². The highest BCUT2D eigenvalue weighted by atomic mass is 16.5. The van der Waals surface area contributed by atoms with Gasteiger partial charge in [-0.1, -0.05) is 0 Å². The van der Waals surface area contributed by atoms with Crippen LogP contribution in [0.1, 0.15) is 19.8 Å². The lowest BCUT2D eigenvalue weighted by molar-refractivity contribution is -0.141. The third-order valence-electron chi connectivity index (χ3n) is 3.34. The fourth-order valence-corrected chi connectivity index (χ4v) is 2.14. The minimum atomic E-state index is -1.10. The number of carboxylic acids is 1. The van der Waals surface area contributed by atoms with Gasteiger partial charge in [0.05, 0.1) is 0 Å². The molecule has 118 valence electrons. The van der Waals surface area contributed by atoms with E-state index in [1.54, 1.807) is 29.2 Å². The van der Waals surface area contributed by atoms with Gasteiger partial charge in [0.1, 0.15) is 11.8 Å². The number of carboxylic acid groups (broad SMARTS) is 1. The average molecular weight is 306 g/mol. The molecule has 0 spiro atoms. The minimum absolute atomic E-state index is 0.107. The Balaban J connectivity index is 1.85. The molecule has 0 aromatic heterocycles. The molecule has 1 aromatic rings. The molecule has 1 fully saturated rings. The Kier molecular flexibility index (Phi) is 4.98. The molecule has 1 aromatic carbocycles. The Morgan fingerprint density at radius 2 is 2.05 bits per heavy atom. The molecule has 1 saturated heterocycles. The molecule has 7 nitrogen and oxygen atoms in total. The van der Waals surface area contributed by atoms with Gasteiger partial charge >= 0.3 is 5.97 Å². The Labute approximate surface area is 127 Å². The van der Waals surface area contributed by atoms with Crippen LogP contribution in [0.4, 0.5) is 5.69 Å². The second kappa shape index (κ2) is 6.93. The predicted octanol–water partition coefficient (Wildman–Crippen LogP) is 0.781. The molecule has 0 radical (unpaired) electrons. The fourth-order valence-electron chi connectivity index (χ4n) is 2.14. The molecular weight excluding hydrogens is 288 g/mol. The smallest absolute Gasteiger partial charge is 0.325 e. The number of carbonyl (C=O) groups excluding carboxylic acids is 2. The van der Waals surface area contributed by atoms with Crippen molar-refractivity contribution in [2.24, 2.45) is 0 Å². The van der Waals surface area contributed by atoms with E-state index < -0.39 is 17.9 Å². The van der Waals surface area contributed by atoms with Gasteiger partial charge in [-0.3, -0.25) is 14.4 Å². The first kappa shape index (κ1) is 15.8. The second-order valence-corrected chi connectivity index (χ2v) is 5.06. The number of ether oxygens (including phenoxy) is 1. The number of amides is 2. The lowest BCUT2D eigenvalue weighted by atomic mass is 10.3. The van der Waals surface area contributed by atoms with E-state index in [4.69, 9.17) is 9.84 Å². The first-order chi connectivity index (χ1) is 10.5. The zero-order valence-electron chi connectivity index (χ0n) is 12.2. The molecule has 1 aliphatic heterocycles. The highest BCUT2D eigenvalue weighted by Crippen LogP contribution is 2.23.